The molecule has 0 radical (unpaired) electrons. The zero-order chi connectivity index (χ0) is 13.9. The van der Waals surface area contributed by atoms with Gasteiger partial charge in [0, 0.05) is 18.2 Å². The summed E-state index contributed by atoms with van der Waals surface area (Å²) in [6.45, 7) is 3.93. The second-order valence-corrected chi connectivity index (χ2v) is 5.41. The predicted molar refractivity (Wildman–Crippen MR) is 79.7 cm³/mol. The van der Waals surface area contributed by atoms with Gasteiger partial charge < -0.3 is 4.74 Å². The summed E-state index contributed by atoms with van der Waals surface area (Å²) < 4.78 is 5.68. The molecule has 1 aromatic carbocycles. The third-order valence-corrected chi connectivity index (χ3v) is 3.80. The summed E-state index contributed by atoms with van der Waals surface area (Å²) in [7, 11) is 0. The minimum atomic E-state index is 0.477. The van der Waals surface area contributed by atoms with E-state index in [9.17, 15) is 0 Å². The van der Waals surface area contributed by atoms with Gasteiger partial charge in [-0.1, -0.05) is 36.9 Å². The quantitative estimate of drug-likeness (QED) is 0.808. The van der Waals surface area contributed by atoms with E-state index < -0.39 is 0 Å². The van der Waals surface area contributed by atoms with E-state index in [1.807, 2.05) is 31.2 Å². The monoisotopic (exact) mass is 286 g/mol. The summed E-state index contributed by atoms with van der Waals surface area (Å²) in [5.41, 5.74) is 2.36. The Labute approximate surface area is 121 Å². The number of benzene rings is 1. The Morgan fingerprint density at radius 3 is 2.90 bits per heavy atom. The van der Waals surface area contributed by atoms with Crippen molar-refractivity contribution in [3.8, 4) is 17.1 Å². The first-order chi connectivity index (χ1) is 9.78. The van der Waals surface area contributed by atoms with Gasteiger partial charge >= 0.3 is 0 Å². The molecular formula is C14H14N4OS. The average molecular weight is 286 g/mol. The molecule has 0 N–H and O–H groups in total. The van der Waals surface area contributed by atoms with Gasteiger partial charge in [0.15, 0.2) is 11.6 Å². The molecule has 0 atom stereocenters. The largest absolute Gasteiger partial charge is 0.422 e. The van der Waals surface area contributed by atoms with Crippen LogP contribution in [0, 0.1) is 0 Å². The molecule has 0 aliphatic carbocycles. The first kappa shape index (κ1) is 13.1. The molecule has 2 aromatic rings. The van der Waals surface area contributed by atoms with Crippen LogP contribution in [-0.4, -0.2) is 26.8 Å². The molecule has 1 aliphatic rings. The van der Waals surface area contributed by atoms with Crippen molar-refractivity contribution in [2.24, 2.45) is 4.99 Å². The first-order valence-electron chi connectivity index (χ1n) is 6.48. The fourth-order valence-electron chi connectivity index (χ4n) is 1.90. The van der Waals surface area contributed by atoms with E-state index in [-0.39, 0.29) is 0 Å². The SMILES string of the molecule is CCCSc1nnc2c(n1)OC(C)=Nc1ccccc1-2. The molecule has 1 aromatic heterocycles. The van der Waals surface area contributed by atoms with Crippen molar-refractivity contribution in [3.63, 3.8) is 0 Å². The number of ether oxygens (including phenoxy) is 1. The molecule has 1 aliphatic heterocycles. The van der Waals surface area contributed by atoms with Gasteiger partial charge in [0.2, 0.25) is 5.16 Å². The number of aliphatic imine (C=N–C) groups is 1. The highest BCUT2D eigenvalue weighted by Gasteiger charge is 2.20. The lowest BCUT2D eigenvalue weighted by Gasteiger charge is -2.06. The second-order valence-electron chi connectivity index (χ2n) is 4.35. The number of aromatic nitrogens is 3. The zero-order valence-electron chi connectivity index (χ0n) is 11.3. The molecule has 2 heterocycles. The highest BCUT2D eigenvalue weighted by Crippen LogP contribution is 2.36. The fraction of sp³-hybridized carbons (Fsp3) is 0.286. The number of hydrogen-bond donors (Lipinski definition) is 0. The summed E-state index contributed by atoms with van der Waals surface area (Å²) in [6, 6.07) is 7.76. The van der Waals surface area contributed by atoms with Crippen molar-refractivity contribution < 1.29 is 4.74 Å². The van der Waals surface area contributed by atoms with Crippen LogP contribution >= 0.6 is 11.8 Å². The molecule has 0 bridgehead atoms. The van der Waals surface area contributed by atoms with Crippen LogP contribution in [0.4, 0.5) is 5.69 Å². The zero-order valence-corrected chi connectivity index (χ0v) is 12.1. The Hall–Kier alpha value is -1.95. The lowest BCUT2D eigenvalue weighted by atomic mass is 10.1. The highest BCUT2D eigenvalue weighted by molar-refractivity contribution is 7.99. The van der Waals surface area contributed by atoms with Gasteiger partial charge in [0.1, 0.15) is 0 Å². The summed E-state index contributed by atoms with van der Waals surface area (Å²) >= 11 is 1.58. The maximum absolute atomic E-state index is 5.68. The van der Waals surface area contributed by atoms with E-state index in [1.165, 1.54) is 0 Å². The van der Waals surface area contributed by atoms with E-state index in [4.69, 9.17) is 4.74 Å². The summed E-state index contributed by atoms with van der Waals surface area (Å²) in [4.78, 5) is 8.87. The maximum atomic E-state index is 5.68. The van der Waals surface area contributed by atoms with Gasteiger partial charge in [-0.2, -0.15) is 4.98 Å². The van der Waals surface area contributed by atoms with Gasteiger partial charge in [-0.15, -0.1) is 10.2 Å². The topological polar surface area (TPSA) is 60.3 Å². The third kappa shape index (κ3) is 2.51. The molecule has 6 heteroatoms. The Kier molecular flexibility index (Phi) is 3.64. The number of para-hydroxylation sites is 1. The molecule has 0 unspecified atom stereocenters. The lowest BCUT2D eigenvalue weighted by molar-refractivity contribution is 0.511. The maximum Gasteiger partial charge on any atom is 0.251 e. The van der Waals surface area contributed by atoms with Crippen LogP contribution in [0.2, 0.25) is 0 Å². The number of thioether (sulfide) groups is 1. The summed E-state index contributed by atoms with van der Waals surface area (Å²) in [5.74, 6) is 2.00. The van der Waals surface area contributed by atoms with Crippen molar-refractivity contribution in [1.29, 1.82) is 0 Å². The third-order valence-electron chi connectivity index (χ3n) is 2.75. The second kappa shape index (κ2) is 5.58. The van der Waals surface area contributed by atoms with Crippen molar-refractivity contribution >= 4 is 23.3 Å². The van der Waals surface area contributed by atoms with Gasteiger partial charge in [-0.25, -0.2) is 4.99 Å². The molecule has 0 amide bonds. The van der Waals surface area contributed by atoms with E-state index in [0.717, 1.165) is 23.4 Å². The predicted octanol–water partition coefficient (Wildman–Crippen LogP) is 3.48. The van der Waals surface area contributed by atoms with Crippen LogP contribution in [0.15, 0.2) is 34.4 Å². The van der Waals surface area contributed by atoms with Crippen molar-refractivity contribution in [1.82, 2.24) is 15.2 Å². The van der Waals surface area contributed by atoms with E-state index in [0.29, 0.717) is 22.6 Å². The fourth-order valence-corrected chi connectivity index (χ4v) is 2.53. The Balaban J connectivity index is 2.08. The normalized spacial score (nSPS) is 12.8. The molecule has 0 saturated heterocycles. The Morgan fingerprint density at radius 2 is 2.05 bits per heavy atom. The lowest BCUT2D eigenvalue weighted by Crippen LogP contribution is -2.06. The van der Waals surface area contributed by atoms with Crippen LogP contribution in [-0.2, 0) is 0 Å². The van der Waals surface area contributed by atoms with E-state index >= 15 is 0 Å². The molecular weight excluding hydrogens is 272 g/mol. The number of fused-ring (bicyclic) bond motifs is 3. The van der Waals surface area contributed by atoms with Crippen LogP contribution in [0.5, 0.6) is 5.88 Å². The van der Waals surface area contributed by atoms with Crippen molar-refractivity contribution in [2.75, 3.05) is 5.75 Å². The Bertz CT molecular complexity index is 672. The highest BCUT2D eigenvalue weighted by atomic mass is 32.2. The van der Waals surface area contributed by atoms with E-state index in [1.54, 1.807) is 11.8 Å². The van der Waals surface area contributed by atoms with Crippen molar-refractivity contribution in [3.05, 3.63) is 24.3 Å². The molecule has 0 spiro atoms. The standard InChI is InChI=1S/C14H14N4OS/c1-3-8-20-14-16-13-12(17-18-14)10-6-4-5-7-11(10)15-9(2)19-13/h4-7H,3,8H2,1-2H3. The Morgan fingerprint density at radius 1 is 1.20 bits per heavy atom. The number of nitrogens with zero attached hydrogens (tertiary/aromatic N) is 4. The van der Waals surface area contributed by atoms with Crippen LogP contribution in [0.3, 0.4) is 0 Å². The molecule has 5 nitrogen and oxygen atoms in total. The average Bonchev–Trinajstić information content (AvgIpc) is 2.59. The summed E-state index contributed by atoms with van der Waals surface area (Å²) in [6.07, 6.45) is 1.06. The first-order valence-corrected chi connectivity index (χ1v) is 7.46. The van der Waals surface area contributed by atoms with Crippen LogP contribution in [0.1, 0.15) is 20.3 Å². The van der Waals surface area contributed by atoms with E-state index in [2.05, 4.69) is 27.1 Å². The van der Waals surface area contributed by atoms with Gasteiger partial charge in [-0.3, -0.25) is 0 Å². The van der Waals surface area contributed by atoms with Gasteiger partial charge in [0.25, 0.3) is 5.88 Å². The smallest absolute Gasteiger partial charge is 0.251 e. The molecule has 0 saturated carbocycles. The molecule has 102 valence electrons. The minimum Gasteiger partial charge on any atom is -0.422 e. The van der Waals surface area contributed by atoms with Crippen molar-refractivity contribution in [2.45, 2.75) is 25.4 Å². The number of rotatable bonds is 3. The molecule has 20 heavy (non-hydrogen) atoms. The van der Waals surface area contributed by atoms with Crippen LogP contribution in [0.25, 0.3) is 11.3 Å². The van der Waals surface area contributed by atoms with Gasteiger partial charge in [0.05, 0.1) is 5.69 Å². The minimum absolute atomic E-state index is 0.477. The summed E-state index contributed by atoms with van der Waals surface area (Å²) in [5, 5.41) is 9.08. The van der Waals surface area contributed by atoms with Gasteiger partial charge in [-0.05, 0) is 12.5 Å². The molecule has 3 rings (SSSR count). The molecule has 0 fully saturated rings. The van der Waals surface area contributed by atoms with Crippen LogP contribution < -0.4 is 4.74 Å². The number of hydrogen-bond acceptors (Lipinski definition) is 6.